The summed E-state index contributed by atoms with van der Waals surface area (Å²) >= 11 is 0. The van der Waals surface area contributed by atoms with Crippen LogP contribution in [0.25, 0.3) is 0 Å². The number of aryl methyl sites for hydroxylation is 1. The number of benzene rings is 1. The van der Waals surface area contributed by atoms with Crippen LogP contribution in [0.4, 0.5) is 8.78 Å². The zero-order valence-electron chi connectivity index (χ0n) is 12.4. The van der Waals surface area contributed by atoms with E-state index < -0.39 is 18.6 Å². The summed E-state index contributed by atoms with van der Waals surface area (Å²) in [7, 11) is 1.55. The molecule has 6 heteroatoms. The average molecular weight is 300 g/mol. The van der Waals surface area contributed by atoms with Gasteiger partial charge >= 0.3 is 0 Å². The number of methoxy groups -OCH3 is 1. The van der Waals surface area contributed by atoms with Crippen molar-refractivity contribution in [3.8, 4) is 5.75 Å². The Morgan fingerprint density at radius 3 is 2.57 bits per heavy atom. The van der Waals surface area contributed by atoms with E-state index in [2.05, 4.69) is 5.32 Å². The molecule has 0 aromatic heterocycles. The van der Waals surface area contributed by atoms with Gasteiger partial charge in [0.1, 0.15) is 18.4 Å². The molecule has 118 valence electrons. The lowest BCUT2D eigenvalue weighted by Crippen LogP contribution is -2.51. The number of nitrogens with one attached hydrogen (secondary N) is 1. The molecule has 4 nitrogen and oxygen atoms in total. The van der Waals surface area contributed by atoms with E-state index in [4.69, 9.17) is 9.84 Å². The second-order valence-electron chi connectivity index (χ2n) is 5.34. The minimum absolute atomic E-state index is 0.509. The van der Waals surface area contributed by atoms with Gasteiger partial charge in [-0.05, 0) is 24.1 Å². The van der Waals surface area contributed by atoms with Crippen LogP contribution in [0.2, 0.25) is 0 Å². The van der Waals surface area contributed by atoms with Gasteiger partial charge in [0.05, 0.1) is 7.11 Å². The van der Waals surface area contributed by atoms with E-state index >= 15 is 0 Å². The van der Waals surface area contributed by atoms with Crippen LogP contribution >= 0.6 is 0 Å². The Labute approximate surface area is 123 Å². The molecule has 2 N–H and O–H groups in total. The fraction of sp³-hybridized carbons (Fsp3) is 0.600. The highest BCUT2D eigenvalue weighted by Gasteiger charge is 2.44. The number of halogens is 2. The number of nitrogens with zero attached hydrogens (tertiary/aromatic N) is 1. The summed E-state index contributed by atoms with van der Waals surface area (Å²) in [6.45, 7) is 3.08. The van der Waals surface area contributed by atoms with Crippen LogP contribution in [-0.4, -0.2) is 55.8 Å². The molecule has 1 aromatic rings. The molecule has 1 aliphatic heterocycles. The standard InChI is InChI=1S/C15H22F2N2O2/c1-11-9-12(3-4-13(11)21-2)14(15(16,17)10-20)19-7-5-18-6-8-19/h3-4,9,14,18,20H,5-8,10H2,1-2H3/t14-/m1/s1. The van der Waals surface area contributed by atoms with Gasteiger partial charge in [0.2, 0.25) is 0 Å². The minimum atomic E-state index is -3.18. The first-order valence-electron chi connectivity index (χ1n) is 7.07. The Balaban J connectivity index is 2.36. The van der Waals surface area contributed by atoms with Crippen molar-refractivity contribution >= 4 is 0 Å². The van der Waals surface area contributed by atoms with Gasteiger partial charge in [0.25, 0.3) is 5.92 Å². The highest BCUT2D eigenvalue weighted by Crippen LogP contribution is 2.37. The summed E-state index contributed by atoms with van der Waals surface area (Å²) in [6, 6.07) is 3.96. The van der Waals surface area contributed by atoms with E-state index in [0.717, 1.165) is 5.56 Å². The Kier molecular flexibility index (Phi) is 5.13. The number of hydrogen-bond donors (Lipinski definition) is 2. The molecular formula is C15H22F2N2O2. The maximum atomic E-state index is 14.3. The van der Waals surface area contributed by atoms with E-state index in [1.807, 2.05) is 6.92 Å². The predicted octanol–water partition coefficient (Wildman–Crippen LogP) is 1.58. The fourth-order valence-corrected chi connectivity index (χ4v) is 2.82. The van der Waals surface area contributed by atoms with E-state index in [-0.39, 0.29) is 0 Å². The van der Waals surface area contributed by atoms with Crippen molar-refractivity contribution in [2.45, 2.75) is 18.9 Å². The molecule has 0 spiro atoms. The van der Waals surface area contributed by atoms with Crippen molar-refractivity contribution in [1.29, 1.82) is 0 Å². The molecule has 0 unspecified atom stereocenters. The third-order valence-electron chi connectivity index (χ3n) is 3.86. The van der Waals surface area contributed by atoms with Crippen LogP contribution in [0.15, 0.2) is 18.2 Å². The van der Waals surface area contributed by atoms with Crippen LogP contribution in [-0.2, 0) is 0 Å². The van der Waals surface area contributed by atoms with Crippen LogP contribution in [0.5, 0.6) is 5.75 Å². The van der Waals surface area contributed by atoms with Gasteiger partial charge in [-0.1, -0.05) is 12.1 Å². The van der Waals surface area contributed by atoms with Crippen molar-refractivity contribution in [3.63, 3.8) is 0 Å². The molecule has 0 saturated carbocycles. The average Bonchev–Trinajstić information content (AvgIpc) is 2.48. The number of piperazine rings is 1. The monoisotopic (exact) mass is 300 g/mol. The molecule has 21 heavy (non-hydrogen) atoms. The lowest BCUT2D eigenvalue weighted by molar-refractivity contribution is -0.118. The fourth-order valence-electron chi connectivity index (χ4n) is 2.82. The molecule has 0 amide bonds. The Morgan fingerprint density at radius 1 is 1.38 bits per heavy atom. The van der Waals surface area contributed by atoms with Crippen molar-refractivity contribution in [3.05, 3.63) is 29.3 Å². The highest BCUT2D eigenvalue weighted by molar-refractivity contribution is 5.38. The third kappa shape index (κ3) is 3.51. The lowest BCUT2D eigenvalue weighted by Gasteiger charge is -2.39. The number of rotatable bonds is 5. The number of aliphatic hydroxyl groups is 1. The van der Waals surface area contributed by atoms with Crippen molar-refractivity contribution in [1.82, 2.24) is 10.2 Å². The van der Waals surface area contributed by atoms with Crippen LogP contribution in [0, 0.1) is 6.92 Å². The number of alkyl halides is 2. The molecular weight excluding hydrogens is 278 g/mol. The molecule has 1 atom stereocenters. The molecule has 2 rings (SSSR count). The summed E-state index contributed by atoms with van der Waals surface area (Å²) in [4.78, 5) is 1.73. The first-order chi connectivity index (χ1) is 9.99. The van der Waals surface area contributed by atoms with Gasteiger partial charge in [-0.2, -0.15) is 0 Å². The van der Waals surface area contributed by atoms with Crippen LogP contribution in [0.1, 0.15) is 17.2 Å². The summed E-state index contributed by atoms with van der Waals surface area (Å²) in [5.41, 5.74) is 1.32. The Hall–Kier alpha value is -1.24. The molecule has 1 saturated heterocycles. The minimum Gasteiger partial charge on any atom is -0.496 e. The second-order valence-corrected chi connectivity index (χ2v) is 5.34. The quantitative estimate of drug-likeness (QED) is 0.866. The number of aliphatic hydroxyl groups excluding tert-OH is 1. The Morgan fingerprint density at radius 2 is 2.05 bits per heavy atom. The lowest BCUT2D eigenvalue weighted by atomic mass is 9.96. The maximum absolute atomic E-state index is 14.3. The molecule has 0 radical (unpaired) electrons. The van der Waals surface area contributed by atoms with Gasteiger partial charge in [-0.15, -0.1) is 0 Å². The van der Waals surface area contributed by atoms with Crippen molar-refractivity contribution in [2.75, 3.05) is 39.9 Å². The van der Waals surface area contributed by atoms with Gasteiger partial charge < -0.3 is 15.2 Å². The van der Waals surface area contributed by atoms with E-state index in [9.17, 15) is 8.78 Å². The molecule has 0 bridgehead atoms. The maximum Gasteiger partial charge on any atom is 0.289 e. The van der Waals surface area contributed by atoms with Gasteiger partial charge in [-0.3, -0.25) is 4.90 Å². The highest BCUT2D eigenvalue weighted by atomic mass is 19.3. The zero-order valence-corrected chi connectivity index (χ0v) is 12.4. The largest absolute Gasteiger partial charge is 0.496 e. The topological polar surface area (TPSA) is 44.7 Å². The third-order valence-corrected chi connectivity index (χ3v) is 3.86. The molecule has 0 aliphatic carbocycles. The number of ether oxygens (including phenoxy) is 1. The van der Waals surface area contributed by atoms with Gasteiger partial charge in [-0.25, -0.2) is 8.78 Å². The Bertz CT molecular complexity index is 477. The summed E-state index contributed by atoms with van der Waals surface area (Å²) in [5.74, 6) is -2.51. The summed E-state index contributed by atoms with van der Waals surface area (Å²) in [5, 5.41) is 12.3. The van der Waals surface area contributed by atoms with Crippen molar-refractivity contribution in [2.24, 2.45) is 0 Å². The smallest absolute Gasteiger partial charge is 0.289 e. The summed E-state index contributed by atoms with van der Waals surface area (Å²) < 4.78 is 33.7. The summed E-state index contributed by atoms with van der Waals surface area (Å²) in [6.07, 6.45) is 0. The van der Waals surface area contributed by atoms with Gasteiger partial charge in [0.15, 0.2) is 0 Å². The first-order valence-corrected chi connectivity index (χ1v) is 7.07. The van der Waals surface area contributed by atoms with Gasteiger partial charge in [0, 0.05) is 26.2 Å². The first kappa shape index (κ1) is 16.1. The normalized spacial score (nSPS) is 18.5. The molecule has 1 aliphatic rings. The van der Waals surface area contributed by atoms with E-state index in [0.29, 0.717) is 37.5 Å². The van der Waals surface area contributed by atoms with E-state index in [1.54, 1.807) is 30.2 Å². The molecule has 1 aromatic carbocycles. The second kappa shape index (κ2) is 6.68. The molecule has 1 fully saturated rings. The predicted molar refractivity (Wildman–Crippen MR) is 76.9 cm³/mol. The van der Waals surface area contributed by atoms with Crippen LogP contribution < -0.4 is 10.1 Å². The number of hydrogen-bond acceptors (Lipinski definition) is 4. The van der Waals surface area contributed by atoms with Crippen LogP contribution in [0.3, 0.4) is 0 Å². The van der Waals surface area contributed by atoms with Crippen molar-refractivity contribution < 1.29 is 18.6 Å². The van der Waals surface area contributed by atoms with E-state index in [1.165, 1.54) is 0 Å². The molecule has 1 heterocycles. The SMILES string of the molecule is COc1ccc([C@@H](N2CCNCC2)C(F)(F)CO)cc1C. The zero-order chi connectivity index (χ0) is 15.5.